The number of carbonyl (C=O) groups is 5. The zero-order valence-electron chi connectivity index (χ0n) is 19.1. The molecule has 0 aliphatic carbocycles. The SMILES string of the molecule is CC(=O)N[C@@H](CC(=O)[O-])C(=O)N[C@@H](Cc1ccccc1)P(=O)([O-])C[C@@H](C)C(=O)N[C@@H](C)C(N)=O. The van der Waals surface area contributed by atoms with E-state index in [1.165, 1.54) is 13.8 Å². The number of nitrogens with one attached hydrogen (secondary N) is 3. The van der Waals surface area contributed by atoms with Gasteiger partial charge in [-0.15, -0.1) is 0 Å². The topological polar surface area (TPSA) is 211 Å². The Balaban J connectivity index is 3.13. The van der Waals surface area contributed by atoms with Gasteiger partial charge in [-0.2, -0.15) is 0 Å². The lowest BCUT2D eigenvalue weighted by Gasteiger charge is -2.36. The van der Waals surface area contributed by atoms with Crippen LogP contribution in [0.4, 0.5) is 0 Å². The highest BCUT2D eigenvalue weighted by atomic mass is 31.2. The summed E-state index contributed by atoms with van der Waals surface area (Å²) in [5, 5.41) is 17.7. The summed E-state index contributed by atoms with van der Waals surface area (Å²) in [6.45, 7) is 3.76. The van der Waals surface area contributed by atoms with Crippen molar-refractivity contribution in [3.8, 4) is 0 Å². The van der Waals surface area contributed by atoms with Crippen LogP contribution in [0.25, 0.3) is 0 Å². The fourth-order valence-corrected chi connectivity index (χ4v) is 5.03. The molecule has 1 rings (SSSR count). The maximum Gasteiger partial charge on any atom is 0.243 e. The molecule has 5 atom stereocenters. The molecule has 0 radical (unpaired) electrons. The van der Waals surface area contributed by atoms with Crippen LogP contribution in [-0.2, 0) is 35.0 Å². The van der Waals surface area contributed by atoms with Crippen LogP contribution in [0.3, 0.4) is 0 Å². The van der Waals surface area contributed by atoms with Crippen LogP contribution in [0.2, 0.25) is 0 Å². The number of amides is 4. The van der Waals surface area contributed by atoms with Gasteiger partial charge in [0.1, 0.15) is 12.1 Å². The minimum atomic E-state index is -4.54. The van der Waals surface area contributed by atoms with Gasteiger partial charge in [0.15, 0.2) is 0 Å². The zero-order valence-corrected chi connectivity index (χ0v) is 20.0. The third-order valence-corrected chi connectivity index (χ3v) is 7.20. The van der Waals surface area contributed by atoms with Crippen molar-refractivity contribution < 1.29 is 38.5 Å². The molecule has 1 unspecified atom stereocenters. The summed E-state index contributed by atoms with van der Waals surface area (Å²) in [5.41, 5.74) is 5.66. The summed E-state index contributed by atoms with van der Waals surface area (Å²) < 4.78 is 13.2. The van der Waals surface area contributed by atoms with Gasteiger partial charge in [0.05, 0.1) is 5.78 Å². The molecule has 0 spiro atoms. The van der Waals surface area contributed by atoms with Gasteiger partial charge in [0.2, 0.25) is 23.6 Å². The van der Waals surface area contributed by atoms with E-state index in [1.807, 2.05) is 0 Å². The monoisotopic (exact) mass is 496 g/mol. The summed E-state index contributed by atoms with van der Waals surface area (Å²) in [5.74, 6) is -7.46. The second-order valence-electron chi connectivity index (χ2n) is 7.99. The molecule has 0 aliphatic rings. The Labute approximate surface area is 197 Å². The lowest BCUT2D eigenvalue weighted by Crippen LogP contribution is -2.52. The Morgan fingerprint density at radius 1 is 1.00 bits per heavy atom. The van der Waals surface area contributed by atoms with Crippen molar-refractivity contribution in [2.45, 2.75) is 51.5 Å². The number of aliphatic carboxylic acids is 1. The summed E-state index contributed by atoms with van der Waals surface area (Å²) >= 11 is 0. The predicted molar refractivity (Wildman–Crippen MR) is 118 cm³/mol. The molecule has 0 saturated heterocycles. The van der Waals surface area contributed by atoms with Gasteiger partial charge in [-0.05, 0) is 18.9 Å². The highest BCUT2D eigenvalue weighted by Gasteiger charge is 2.31. The molecule has 0 fully saturated rings. The molecule has 4 amide bonds. The van der Waals surface area contributed by atoms with E-state index in [0.717, 1.165) is 6.92 Å². The van der Waals surface area contributed by atoms with E-state index in [-0.39, 0.29) is 6.42 Å². The summed E-state index contributed by atoms with van der Waals surface area (Å²) in [7, 11) is -4.54. The molecule has 34 heavy (non-hydrogen) atoms. The first-order chi connectivity index (χ1) is 15.7. The van der Waals surface area contributed by atoms with Crippen molar-refractivity contribution in [2.75, 3.05) is 6.16 Å². The fourth-order valence-electron chi connectivity index (χ4n) is 3.03. The molecule has 5 N–H and O–H groups in total. The van der Waals surface area contributed by atoms with Gasteiger partial charge in [-0.3, -0.25) is 19.2 Å². The molecule has 0 bridgehead atoms. The maximum absolute atomic E-state index is 13.2. The van der Waals surface area contributed by atoms with Crippen LogP contribution in [0, 0.1) is 5.92 Å². The second kappa shape index (κ2) is 12.9. The molecule has 1 aromatic carbocycles. The average molecular weight is 496 g/mol. The van der Waals surface area contributed by atoms with Gasteiger partial charge in [-0.25, -0.2) is 0 Å². The van der Waals surface area contributed by atoms with E-state index in [2.05, 4.69) is 16.0 Å². The smallest absolute Gasteiger partial charge is 0.243 e. The molecule has 188 valence electrons. The number of nitrogens with two attached hydrogens (primary N) is 1. The summed E-state index contributed by atoms with van der Waals surface area (Å²) in [6.07, 6.45) is -1.69. The number of hydrogen-bond donors (Lipinski definition) is 4. The Kier molecular flexibility index (Phi) is 10.9. The lowest BCUT2D eigenvalue weighted by molar-refractivity contribution is -0.306. The minimum Gasteiger partial charge on any atom is -0.798 e. The van der Waals surface area contributed by atoms with Crippen LogP contribution in [0.1, 0.15) is 32.8 Å². The van der Waals surface area contributed by atoms with Gasteiger partial charge in [0, 0.05) is 38.8 Å². The first kappa shape index (κ1) is 28.8. The third kappa shape index (κ3) is 9.72. The normalized spacial score (nSPS) is 16.1. The molecule has 12 nitrogen and oxygen atoms in total. The van der Waals surface area contributed by atoms with Crippen molar-refractivity contribution >= 4 is 37.0 Å². The van der Waals surface area contributed by atoms with E-state index in [4.69, 9.17) is 5.73 Å². The van der Waals surface area contributed by atoms with Crippen LogP contribution >= 0.6 is 7.37 Å². The number of hydrogen-bond acceptors (Lipinski definition) is 8. The Morgan fingerprint density at radius 3 is 2.09 bits per heavy atom. The highest BCUT2D eigenvalue weighted by Crippen LogP contribution is 2.43. The lowest BCUT2D eigenvalue weighted by atomic mass is 10.1. The quantitative estimate of drug-likeness (QED) is 0.215. The number of rotatable bonds is 13. The van der Waals surface area contributed by atoms with E-state index < -0.39 is 73.3 Å². The summed E-state index contributed by atoms with van der Waals surface area (Å²) in [6, 6.07) is 5.75. The molecular weight excluding hydrogens is 467 g/mol. The van der Waals surface area contributed by atoms with Crippen LogP contribution in [0.15, 0.2) is 30.3 Å². The van der Waals surface area contributed by atoms with Gasteiger partial charge in [-0.1, -0.05) is 37.3 Å². The maximum atomic E-state index is 13.2. The predicted octanol–water partition coefficient (Wildman–Crippen LogP) is -2.42. The Hall–Kier alpha value is -3.24. The molecular formula is C21H29N4O8P-2. The number of benzene rings is 1. The van der Waals surface area contributed by atoms with Crippen LogP contribution in [-0.4, -0.2) is 53.6 Å². The summed E-state index contributed by atoms with van der Waals surface area (Å²) in [4.78, 5) is 71.7. The van der Waals surface area contributed by atoms with Gasteiger partial charge < -0.3 is 41.0 Å². The Morgan fingerprint density at radius 2 is 1.59 bits per heavy atom. The second-order valence-corrected chi connectivity index (χ2v) is 10.4. The standard InChI is InChI=1S/C21H31N4O8P/c1-12(20(30)23-13(2)19(22)29)11-34(32,33)17(9-15-7-5-4-6-8-15)25-21(31)16(10-18(27)28)24-14(3)26/h4-8,12-13,16-17H,9-11H2,1-3H3,(H2,22,29)(H,23,30)(H,24,26)(H,25,31)(H,27,28)(H,32,33)/p-2/t12-,13+,16+,17-/m1/s1. The van der Waals surface area contributed by atoms with E-state index >= 15 is 0 Å². The van der Waals surface area contributed by atoms with E-state index in [1.54, 1.807) is 30.3 Å². The number of carboxylic acids is 1. The van der Waals surface area contributed by atoms with Crippen molar-refractivity contribution in [1.29, 1.82) is 0 Å². The highest BCUT2D eigenvalue weighted by molar-refractivity contribution is 7.57. The largest absolute Gasteiger partial charge is 0.798 e. The third-order valence-electron chi connectivity index (χ3n) is 4.88. The first-order valence-electron chi connectivity index (χ1n) is 10.4. The number of carboxylic acid groups (broad SMARTS) is 1. The average Bonchev–Trinajstić information content (AvgIpc) is 2.72. The van der Waals surface area contributed by atoms with Crippen molar-refractivity contribution in [3.63, 3.8) is 0 Å². The van der Waals surface area contributed by atoms with Crippen molar-refractivity contribution in [2.24, 2.45) is 11.7 Å². The molecule has 0 saturated carbocycles. The molecule has 1 aromatic rings. The molecule has 0 aromatic heterocycles. The van der Waals surface area contributed by atoms with Crippen molar-refractivity contribution in [3.05, 3.63) is 35.9 Å². The van der Waals surface area contributed by atoms with E-state index in [9.17, 15) is 38.5 Å². The van der Waals surface area contributed by atoms with Gasteiger partial charge >= 0.3 is 0 Å². The van der Waals surface area contributed by atoms with E-state index in [0.29, 0.717) is 5.56 Å². The minimum absolute atomic E-state index is 0.169. The van der Waals surface area contributed by atoms with Crippen molar-refractivity contribution in [1.82, 2.24) is 16.0 Å². The first-order valence-corrected chi connectivity index (χ1v) is 12.3. The van der Waals surface area contributed by atoms with Crippen LogP contribution in [0.5, 0.6) is 0 Å². The molecule has 0 heterocycles. The number of primary amides is 1. The number of carbonyl (C=O) groups excluding carboxylic acids is 5. The van der Waals surface area contributed by atoms with Crippen LogP contribution < -0.4 is 31.7 Å². The Bertz CT molecular complexity index is 939. The molecule has 0 aliphatic heterocycles. The zero-order chi connectivity index (χ0) is 26.1. The molecule has 13 heteroatoms. The fraction of sp³-hybridized carbons (Fsp3) is 0.476. The van der Waals surface area contributed by atoms with Gasteiger partial charge in [0.25, 0.3) is 0 Å².